The van der Waals surface area contributed by atoms with Gasteiger partial charge in [0.25, 0.3) is 0 Å². The Hall–Kier alpha value is -0.920. The molecule has 4 N–H and O–H groups in total. The van der Waals surface area contributed by atoms with Gasteiger partial charge in [0.1, 0.15) is 4.21 Å². The van der Waals surface area contributed by atoms with Crippen molar-refractivity contribution in [2.75, 3.05) is 0 Å². The van der Waals surface area contributed by atoms with Gasteiger partial charge in [-0.3, -0.25) is 0 Å². The van der Waals surface area contributed by atoms with Crippen LogP contribution in [0.3, 0.4) is 0 Å². The quantitative estimate of drug-likeness (QED) is 0.348. The number of hydrazone groups is 1. The third kappa shape index (κ3) is 4.40. The third-order valence-electron chi connectivity index (χ3n) is 2.61. The van der Waals surface area contributed by atoms with Gasteiger partial charge in [-0.05, 0) is 18.9 Å². The molecular weight excluding hydrogens is 270 g/mol. The molecule has 1 rings (SSSR count). The van der Waals surface area contributed by atoms with E-state index < -0.39 is 10.0 Å². The minimum Gasteiger partial charge on any atom is -0.323 e. The summed E-state index contributed by atoms with van der Waals surface area (Å²) < 4.78 is 22.5. The second-order valence-corrected chi connectivity index (χ2v) is 6.79. The van der Waals surface area contributed by atoms with Crippen LogP contribution in [0.5, 0.6) is 0 Å². The standard InChI is InChI=1S/C11H19N3O2S2/c1-2-3-4-5-6-10(14-12)9-7-11(17-8-9)18(13,15)16/h7-8H,2-6,12H2,1H3,(H2,13,15,16)/b14-10+. The van der Waals surface area contributed by atoms with Crippen LogP contribution in [0.25, 0.3) is 0 Å². The van der Waals surface area contributed by atoms with E-state index in [9.17, 15) is 8.42 Å². The Balaban J connectivity index is 2.69. The summed E-state index contributed by atoms with van der Waals surface area (Å²) in [6.45, 7) is 2.15. The lowest BCUT2D eigenvalue weighted by Gasteiger charge is -2.02. The molecule has 0 radical (unpaired) electrons. The summed E-state index contributed by atoms with van der Waals surface area (Å²) in [5.74, 6) is 5.35. The normalized spacial score (nSPS) is 12.9. The zero-order valence-corrected chi connectivity index (χ0v) is 12.1. The average Bonchev–Trinajstić information content (AvgIpc) is 2.78. The van der Waals surface area contributed by atoms with Crippen molar-refractivity contribution in [3.05, 3.63) is 17.0 Å². The van der Waals surface area contributed by atoms with Crippen LogP contribution < -0.4 is 11.0 Å². The summed E-state index contributed by atoms with van der Waals surface area (Å²) in [4.78, 5) is 0. The number of sulfonamides is 1. The fourth-order valence-electron chi connectivity index (χ4n) is 1.62. The fourth-order valence-corrected chi connectivity index (χ4v) is 3.23. The van der Waals surface area contributed by atoms with Gasteiger partial charge in [-0.1, -0.05) is 26.2 Å². The van der Waals surface area contributed by atoms with Crippen LogP contribution in [0.1, 0.15) is 44.6 Å². The monoisotopic (exact) mass is 289 g/mol. The minimum absolute atomic E-state index is 0.146. The molecule has 1 aromatic rings. The van der Waals surface area contributed by atoms with Crippen molar-refractivity contribution in [1.29, 1.82) is 0 Å². The van der Waals surface area contributed by atoms with E-state index in [1.165, 1.54) is 18.9 Å². The highest BCUT2D eigenvalue weighted by Crippen LogP contribution is 2.21. The zero-order chi connectivity index (χ0) is 13.6. The molecule has 0 unspecified atom stereocenters. The molecule has 0 aliphatic rings. The van der Waals surface area contributed by atoms with Crippen LogP contribution in [0.4, 0.5) is 0 Å². The van der Waals surface area contributed by atoms with Crippen molar-refractivity contribution >= 4 is 27.1 Å². The van der Waals surface area contributed by atoms with Gasteiger partial charge in [0.2, 0.25) is 10.0 Å². The molecule has 1 aromatic heterocycles. The van der Waals surface area contributed by atoms with E-state index in [0.29, 0.717) is 0 Å². The van der Waals surface area contributed by atoms with Crippen molar-refractivity contribution in [2.24, 2.45) is 16.1 Å². The summed E-state index contributed by atoms with van der Waals surface area (Å²) in [6.07, 6.45) is 5.25. The number of unbranched alkanes of at least 4 members (excludes halogenated alkanes) is 3. The lowest BCUT2D eigenvalue weighted by atomic mass is 10.1. The van der Waals surface area contributed by atoms with Crippen molar-refractivity contribution < 1.29 is 8.42 Å². The Morgan fingerprint density at radius 2 is 2.11 bits per heavy atom. The third-order valence-corrected chi connectivity index (χ3v) is 5.00. The van der Waals surface area contributed by atoms with Gasteiger partial charge in [0.05, 0.1) is 5.71 Å². The van der Waals surface area contributed by atoms with Gasteiger partial charge in [-0.2, -0.15) is 5.10 Å². The largest absolute Gasteiger partial charge is 0.323 e. The molecule has 0 fully saturated rings. The van der Waals surface area contributed by atoms with E-state index in [2.05, 4.69) is 12.0 Å². The molecule has 0 spiro atoms. The highest BCUT2D eigenvalue weighted by molar-refractivity contribution is 7.91. The molecule has 5 nitrogen and oxygen atoms in total. The zero-order valence-electron chi connectivity index (χ0n) is 10.4. The van der Waals surface area contributed by atoms with Crippen molar-refractivity contribution in [3.63, 3.8) is 0 Å². The Kier molecular flexibility index (Phi) is 5.77. The van der Waals surface area contributed by atoms with E-state index in [0.717, 1.165) is 41.9 Å². The molecule has 0 atom stereocenters. The number of nitrogens with two attached hydrogens (primary N) is 2. The number of hydrogen-bond acceptors (Lipinski definition) is 5. The summed E-state index contributed by atoms with van der Waals surface area (Å²) in [5.41, 5.74) is 1.49. The first-order valence-electron chi connectivity index (χ1n) is 5.87. The maximum atomic E-state index is 11.2. The first kappa shape index (κ1) is 15.1. The summed E-state index contributed by atoms with van der Waals surface area (Å²) in [7, 11) is -3.63. The minimum atomic E-state index is -3.63. The number of primary sulfonamides is 1. The second kappa shape index (κ2) is 6.86. The molecule has 0 saturated heterocycles. The van der Waals surface area contributed by atoms with Crippen LogP contribution in [0.15, 0.2) is 20.8 Å². The molecule has 0 aromatic carbocycles. The van der Waals surface area contributed by atoms with E-state index in [4.69, 9.17) is 11.0 Å². The van der Waals surface area contributed by atoms with Crippen LogP contribution in [0.2, 0.25) is 0 Å². The van der Waals surface area contributed by atoms with Crippen molar-refractivity contribution in [3.8, 4) is 0 Å². The molecule has 102 valence electrons. The number of hydrogen-bond donors (Lipinski definition) is 2. The predicted octanol–water partition coefficient (Wildman–Crippen LogP) is 2.03. The first-order valence-corrected chi connectivity index (χ1v) is 8.30. The highest BCUT2D eigenvalue weighted by Gasteiger charge is 2.13. The molecule has 1 heterocycles. The Labute approximate surface area is 112 Å². The van der Waals surface area contributed by atoms with Crippen LogP contribution >= 0.6 is 11.3 Å². The highest BCUT2D eigenvalue weighted by atomic mass is 32.2. The predicted molar refractivity (Wildman–Crippen MR) is 75.2 cm³/mol. The van der Waals surface area contributed by atoms with E-state index >= 15 is 0 Å². The first-order chi connectivity index (χ1) is 8.49. The van der Waals surface area contributed by atoms with Crippen LogP contribution in [-0.2, 0) is 10.0 Å². The molecule has 0 bridgehead atoms. The van der Waals surface area contributed by atoms with Gasteiger partial charge in [-0.15, -0.1) is 11.3 Å². The molecule has 0 saturated carbocycles. The van der Waals surface area contributed by atoms with Gasteiger partial charge in [0.15, 0.2) is 0 Å². The molecule has 0 aliphatic heterocycles. The molecule has 18 heavy (non-hydrogen) atoms. The smallest absolute Gasteiger partial charge is 0.247 e. The second-order valence-electron chi connectivity index (χ2n) is 4.09. The summed E-state index contributed by atoms with van der Waals surface area (Å²) in [5, 5.41) is 10.5. The van der Waals surface area contributed by atoms with Crippen LogP contribution in [-0.4, -0.2) is 14.1 Å². The molecule has 0 amide bonds. The SMILES string of the molecule is CCCCCC/C(=N\N)c1csc(S(N)(=O)=O)c1. The molecular formula is C11H19N3O2S2. The molecule has 0 aliphatic carbocycles. The van der Waals surface area contributed by atoms with Gasteiger partial charge >= 0.3 is 0 Å². The maximum Gasteiger partial charge on any atom is 0.247 e. The Morgan fingerprint density at radius 1 is 1.39 bits per heavy atom. The summed E-state index contributed by atoms with van der Waals surface area (Å²) >= 11 is 1.09. The van der Waals surface area contributed by atoms with E-state index in [-0.39, 0.29) is 4.21 Å². The van der Waals surface area contributed by atoms with Gasteiger partial charge in [-0.25, -0.2) is 13.6 Å². The number of nitrogens with zero attached hydrogens (tertiary/aromatic N) is 1. The summed E-state index contributed by atoms with van der Waals surface area (Å²) in [6, 6.07) is 1.53. The lowest BCUT2D eigenvalue weighted by molar-refractivity contribution is 0.600. The van der Waals surface area contributed by atoms with E-state index in [1.807, 2.05) is 0 Å². The number of thiophene rings is 1. The van der Waals surface area contributed by atoms with Crippen molar-refractivity contribution in [1.82, 2.24) is 0 Å². The van der Waals surface area contributed by atoms with E-state index in [1.54, 1.807) is 5.38 Å². The number of rotatable bonds is 7. The average molecular weight is 289 g/mol. The molecule has 7 heteroatoms. The van der Waals surface area contributed by atoms with Crippen molar-refractivity contribution in [2.45, 2.75) is 43.2 Å². The fraction of sp³-hybridized carbons (Fsp3) is 0.545. The van der Waals surface area contributed by atoms with Gasteiger partial charge < -0.3 is 5.84 Å². The van der Waals surface area contributed by atoms with Gasteiger partial charge in [0, 0.05) is 10.9 Å². The maximum absolute atomic E-state index is 11.2. The Morgan fingerprint density at radius 3 is 2.61 bits per heavy atom. The van der Waals surface area contributed by atoms with Crippen LogP contribution in [0, 0.1) is 0 Å². The lowest BCUT2D eigenvalue weighted by Crippen LogP contribution is -2.10. The Bertz CT molecular complexity index is 506. The topological polar surface area (TPSA) is 98.5 Å².